The number of nitrogens with zero attached hydrogens (tertiary/aromatic N) is 2. The van der Waals surface area contributed by atoms with Crippen LogP contribution in [0, 0.1) is 20.8 Å². The van der Waals surface area contributed by atoms with Crippen molar-refractivity contribution in [2.75, 3.05) is 12.0 Å². The number of benzene rings is 2. The van der Waals surface area contributed by atoms with Gasteiger partial charge in [-0.1, -0.05) is 59.4 Å². The zero-order valence-corrected chi connectivity index (χ0v) is 19.4. The lowest BCUT2D eigenvalue weighted by Crippen LogP contribution is -2.29. The molecule has 0 spiro atoms. The first-order valence-electron chi connectivity index (χ1n) is 10.2. The zero-order chi connectivity index (χ0) is 23.9. The maximum absolute atomic E-state index is 13.2. The fraction of sp³-hybridized carbons (Fsp3) is 0.200. The molecule has 33 heavy (non-hydrogen) atoms. The SMILES string of the molecule is COC(=O)c1sc(N2C(=O)C(=O)C(=C(O)c3cc(C)ccc3C)[C@H]2c2ccccc2)nc1C. The van der Waals surface area contributed by atoms with Gasteiger partial charge in [-0.3, -0.25) is 14.5 Å². The van der Waals surface area contributed by atoms with E-state index < -0.39 is 23.7 Å². The Morgan fingerprint density at radius 3 is 2.45 bits per heavy atom. The van der Waals surface area contributed by atoms with Crippen LogP contribution in [0.1, 0.15) is 43.7 Å². The van der Waals surface area contributed by atoms with E-state index in [0.29, 0.717) is 16.8 Å². The highest BCUT2D eigenvalue weighted by Gasteiger charge is 2.48. The van der Waals surface area contributed by atoms with Gasteiger partial charge in [-0.25, -0.2) is 9.78 Å². The van der Waals surface area contributed by atoms with Crippen LogP contribution in [0.5, 0.6) is 0 Å². The number of methoxy groups -OCH3 is 1. The first-order valence-corrected chi connectivity index (χ1v) is 11.1. The van der Waals surface area contributed by atoms with Gasteiger partial charge in [0, 0.05) is 5.56 Å². The van der Waals surface area contributed by atoms with Gasteiger partial charge in [0.1, 0.15) is 10.6 Å². The van der Waals surface area contributed by atoms with E-state index in [4.69, 9.17) is 4.74 Å². The summed E-state index contributed by atoms with van der Waals surface area (Å²) in [6.45, 7) is 5.35. The molecule has 1 aromatic heterocycles. The van der Waals surface area contributed by atoms with Crippen molar-refractivity contribution in [2.45, 2.75) is 26.8 Å². The van der Waals surface area contributed by atoms with Crippen molar-refractivity contribution in [1.29, 1.82) is 0 Å². The average Bonchev–Trinajstić information content (AvgIpc) is 3.32. The molecule has 1 fully saturated rings. The largest absolute Gasteiger partial charge is 0.507 e. The van der Waals surface area contributed by atoms with Crippen LogP contribution in [-0.4, -0.2) is 34.9 Å². The van der Waals surface area contributed by atoms with Crippen LogP contribution in [0.2, 0.25) is 0 Å². The number of aliphatic hydroxyl groups excluding tert-OH is 1. The summed E-state index contributed by atoms with van der Waals surface area (Å²) < 4.78 is 4.81. The third kappa shape index (κ3) is 3.82. The molecule has 0 unspecified atom stereocenters. The van der Waals surface area contributed by atoms with E-state index in [1.807, 2.05) is 32.0 Å². The third-order valence-electron chi connectivity index (χ3n) is 5.57. The second-order valence-electron chi connectivity index (χ2n) is 7.80. The molecule has 0 radical (unpaired) electrons. The van der Waals surface area contributed by atoms with E-state index in [2.05, 4.69) is 4.98 Å². The Balaban J connectivity index is 1.96. The molecule has 1 aliphatic rings. The summed E-state index contributed by atoms with van der Waals surface area (Å²) in [5.41, 5.74) is 3.17. The first-order chi connectivity index (χ1) is 15.7. The Kier molecular flexibility index (Phi) is 5.86. The number of ketones is 1. The second-order valence-corrected chi connectivity index (χ2v) is 8.78. The summed E-state index contributed by atoms with van der Waals surface area (Å²) in [6.07, 6.45) is 0. The van der Waals surface area contributed by atoms with Crippen LogP contribution in [0.15, 0.2) is 54.1 Å². The van der Waals surface area contributed by atoms with Crippen molar-refractivity contribution in [3.05, 3.63) is 86.9 Å². The number of hydrogen-bond acceptors (Lipinski definition) is 7. The lowest BCUT2D eigenvalue weighted by molar-refractivity contribution is -0.132. The Morgan fingerprint density at radius 1 is 1.09 bits per heavy atom. The number of hydrogen-bond donors (Lipinski definition) is 1. The van der Waals surface area contributed by atoms with Crippen LogP contribution >= 0.6 is 11.3 Å². The summed E-state index contributed by atoms with van der Waals surface area (Å²) in [7, 11) is 1.27. The van der Waals surface area contributed by atoms with Crippen molar-refractivity contribution >= 4 is 39.9 Å². The molecule has 2 heterocycles. The number of ether oxygens (including phenoxy) is 1. The van der Waals surface area contributed by atoms with Gasteiger partial charge in [-0.15, -0.1) is 0 Å². The number of carbonyl (C=O) groups excluding carboxylic acids is 3. The lowest BCUT2D eigenvalue weighted by Gasteiger charge is -2.23. The Morgan fingerprint density at radius 2 is 1.79 bits per heavy atom. The molecule has 3 aromatic rings. The average molecular weight is 463 g/mol. The number of Topliss-reactive ketones (excluding diaryl/α,β-unsaturated/α-hetero) is 1. The van der Waals surface area contributed by atoms with Gasteiger partial charge in [-0.2, -0.15) is 0 Å². The van der Waals surface area contributed by atoms with E-state index in [-0.39, 0.29) is 21.3 Å². The number of rotatable bonds is 4. The molecule has 2 aromatic carbocycles. The second kappa shape index (κ2) is 8.63. The molecule has 7 nitrogen and oxygen atoms in total. The number of anilines is 1. The topological polar surface area (TPSA) is 96.8 Å². The first kappa shape index (κ1) is 22.4. The van der Waals surface area contributed by atoms with Crippen molar-refractivity contribution in [3.8, 4) is 0 Å². The van der Waals surface area contributed by atoms with E-state index in [1.165, 1.54) is 12.0 Å². The van der Waals surface area contributed by atoms with Gasteiger partial charge in [-0.05, 0) is 38.0 Å². The number of esters is 1. The minimum Gasteiger partial charge on any atom is -0.507 e. The van der Waals surface area contributed by atoms with Crippen molar-refractivity contribution < 1.29 is 24.2 Å². The maximum atomic E-state index is 13.2. The number of aliphatic hydroxyl groups is 1. The van der Waals surface area contributed by atoms with Gasteiger partial charge in [0.15, 0.2) is 5.13 Å². The van der Waals surface area contributed by atoms with E-state index in [1.54, 1.807) is 37.3 Å². The monoisotopic (exact) mass is 462 g/mol. The van der Waals surface area contributed by atoms with Crippen LogP contribution < -0.4 is 4.90 Å². The van der Waals surface area contributed by atoms with E-state index in [0.717, 1.165) is 22.5 Å². The highest BCUT2D eigenvalue weighted by atomic mass is 32.1. The molecule has 1 N–H and O–H groups in total. The fourth-order valence-electron chi connectivity index (χ4n) is 3.88. The highest BCUT2D eigenvalue weighted by Crippen LogP contribution is 2.44. The zero-order valence-electron chi connectivity index (χ0n) is 18.6. The molecule has 8 heteroatoms. The minimum atomic E-state index is -0.901. The molecule has 4 rings (SSSR count). The number of amides is 1. The molecule has 1 saturated heterocycles. The van der Waals surface area contributed by atoms with E-state index in [9.17, 15) is 19.5 Å². The summed E-state index contributed by atoms with van der Waals surface area (Å²) >= 11 is 0.972. The number of carbonyl (C=O) groups is 3. The standard InChI is InChI=1S/C25H22N2O5S/c1-13-10-11-14(2)17(12-13)20(28)18-19(16-8-6-5-7-9-16)27(23(30)21(18)29)25-26-15(3)22(33-25)24(31)32-4/h5-12,19,28H,1-4H3/t19-/m1/s1. The summed E-state index contributed by atoms with van der Waals surface area (Å²) in [5, 5.41) is 11.5. The molecule has 0 bridgehead atoms. The van der Waals surface area contributed by atoms with Crippen molar-refractivity contribution in [3.63, 3.8) is 0 Å². The molecule has 1 amide bonds. The van der Waals surface area contributed by atoms with Gasteiger partial charge >= 0.3 is 11.9 Å². The van der Waals surface area contributed by atoms with Crippen molar-refractivity contribution in [2.24, 2.45) is 0 Å². The lowest BCUT2D eigenvalue weighted by atomic mass is 9.93. The fourth-order valence-corrected chi connectivity index (χ4v) is 4.90. The number of aryl methyl sites for hydroxylation is 3. The smallest absolute Gasteiger partial charge is 0.350 e. The molecule has 1 aliphatic heterocycles. The van der Waals surface area contributed by atoms with Gasteiger partial charge in [0.05, 0.1) is 24.4 Å². The number of aromatic nitrogens is 1. The normalized spacial score (nSPS) is 17.5. The summed E-state index contributed by atoms with van der Waals surface area (Å²) in [4.78, 5) is 44.5. The Labute approximate surface area is 195 Å². The predicted octanol–water partition coefficient (Wildman–Crippen LogP) is 4.48. The van der Waals surface area contributed by atoms with Crippen molar-refractivity contribution in [1.82, 2.24) is 4.98 Å². The van der Waals surface area contributed by atoms with Crippen LogP contribution in [-0.2, 0) is 14.3 Å². The molecule has 168 valence electrons. The van der Waals surface area contributed by atoms with E-state index >= 15 is 0 Å². The molecule has 0 aliphatic carbocycles. The molecule has 1 atom stereocenters. The van der Waals surface area contributed by atoms with Gasteiger partial charge in [0.25, 0.3) is 5.78 Å². The maximum Gasteiger partial charge on any atom is 0.350 e. The van der Waals surface area contributed by atoms with Crippen LogP contribution in [0.25, 0.3) is 5.76 Å². The van der Waals surface area contributed by atoms with Gasteiger partial charge < -0.3 is 9.84 Å². The molecule has 0 saturated carbocycles. The quantitative estimate of drug-likeness (QED) is 0.266. The molecular formula is C25H22N2O5S. The Bertz CT molecular complexity index is 1310. The van der Waals surface area contributed by atoms with Crippen LogP contribution in [0.3, 0.4) is 0 Å². The summed E-state index contributed by atoms with van der Waals surface area (Å²) in [6, 6.07) is 13.6. The summed E-state index contributed by atoms with van der Waals surface area (Å²) in [5.74, 6) is -2.44. The van der Waals surface area contributed by atoms with Crippen LogP contribution in [0.4, 0.5) is 5.13 Å². The highest BCUT2D eigenvalue weighted by molar-refractivity contribution is 7.17. The predicted molar refractivity (Wildman–Crippen MR) is 125 cm³/mol. The Hall–Kier alpha value is -3.78. The third-order valence-corrected chi connectivity index (χ3v) is 6.71. The molecular weight excluding hydrogens is 440 g/mol. The minimum absolute atomic E-state index is 0.0210. The number of thiazole rings is 1. The van der Waals surface area contributed by atoms with Gasteiger partial charge in [0.2, 0.25) is 0 Å².